The highest BCUT2D eigenvalue weighted by atomic mass is 16.6. The quantitative estimate of drug-likeness (QED) is 0.815. The molecule has 6 heteroatoms. The third kappa shape index (κ3) is 1.92. The van der Waals surface area contributed by atoms with Gasteiger partial charge in [-0.15, -0.1) is 0 Å². The largest absolute Gasteiger partial charge is 0.397 e. The van der Waals surface area contributed by atoms with Crippen molar-refractivity contribution in [1.82, 2.24) is 15.2 Å². The van der Waals surface area contributed by atoms with E-state index in [2.05, 4.69) is 34.6 Å². The van der Waals surface area contributed by atoms with Crippen LogP contribution in [-0.2, 0) is 0 Å². The van der Waals surface area contributed by atoms with E-state index in [0.29, 0.717) is 16.7 Å². The van der Waals surface area contributed by atoms with E-state index in [1.165, 1.54) is 19.3 Å². The van der Waals surface area contributed by atoms with Crippen molar-refractivity contribution in [1.29, 1.82) is 0 Å². The lowest BCUT2D eigenvalue weighted by Crippen LogP contribution is -2.54. The van der Waals surface area contributed by atoms with Gasteiger partial charge < -0.3 is 16.0 Å². The van der Waals surface area contributed by atoms with E-state index in [9.17, 15) is 0 Å². The molecule has 6 nitrogen and oxygen atoms in total. The molecule has 19 heavy (non-hydrogen) atoms. The molecule has 0 amide bonds. The molecule has 1 saturated carbocycles. The third-order valence-electron chi connectivity index (χ3n) is 4.29. The summed E-state index contributed by atoms with van der Waals surface area (Å²) in [6.45, 7) is 0.895. The summed E-state index contributed by atoms with van der Waals surface area (Å²) in [7, 11) is 4.27. The Bertz CT molecular complexity index is 588. The highest BCUT2D eigenvalue weighted by Crippen LogP contribution is 2.36. The maximum atomic E-state index is 5.84. The van der Waals surface area contributed by atoms with Gasteiger partial charge in [0.15, 0.2) is 11.0 Å². The van der Waals surface area contributed by atoms with Crippen molar-refractivity contribution in [2.24, 2.45) is 0 Å². The van der Waals surface area contributed by atoms with Crippen LogP contribution in [0.4, 0.5) is 11.4 Å². The molecule has 1 fully saturated rings. The van der Waals surface area contributed by atoms with Crippen molar-refractivity contribution in [3.05, 3.63) is 12.1 Å². The van der Waals surface area contributed by atoms with Crippen LogP contribution in [0.5, 0.6) is 0 Å². The number of benzene rings is 1. The van der Waals surface area contributed by atoms with Crippen molar-refractivity contribution in [3.63, 3.8) is 0 Å². The molecule has 1 aromatic heterocycles. The van der Waals surface area contributed by atoms with E-state index >= 15 is 0 Å². The molecule has 1 aromatic carbocycles. The fourth-order valence-electron chi connectivity index (χ4n) is 2.66. The van der Waals surface area contributed by atoms with Crippen LogP contribution >= 0.6 is 0 Å². The number of nitrogens with one attached hydrogen (secondary N) is 1. The van der Waals surface area contributed by atoms with Crippen molar-refractivity contribution in [3.8, 4) is 0 Å². The second kappa shape index (κ2) is 4.38. The van der Waals surface area contributed by atoms with Crippen LogP contribution < -0.4 is 11.1 Å². The van der Waals surface area contributed by atoms with Gasteiger partial charge in [-0.2, -0.15) is 0 Å². The van der Waals surface area contributed by atoms with Crippen molar-refractivity contribution < 1.29 is 4.63 Å². The summed E-state index contributed by atoms with van der Waals surface area (Å²) in [6.07, 6.45) is 3.74. The van der Waals surface area contributed by atoms with Gasteiger partial charge in [-0.1, -0.05) is 0 Å². The predicted molar refractivity (Wildman–Crippen MR) is 75.0 cm³/mol. The standard InChI is InChI=1S/C13H19N5O/c1-18(2)13(6-3-7-13)8-15-10-5-4-9(14)11-12(10)17-19-16-11/h4-5,15H,3,6-8,14H2,1-2H3. The summed E-state index contributed by atoms with van der Waals surface area (Å²) in [5.41, 5.74) is 8.94. The first-order valence-electron chi connectivity index (χ1n) is 6.54. The number of aromatic nitrogens is 2. The number of nitrogen functional groups attached to an aromatic ring is 1. The van der Waals surface area contributed by atoms with Gasteiger partial charge in [-0.3, -0.25) is 0 Å². The Labute approximate surface area is 111 Å². The number of nitrogens with two attached hydrogens (primary N) is 1. The molecule has 3 rings (SSSR count). The highest BCUT2D eigenvalue weighted by Gasteiger charge is 2.38. The Kier molecular flexibility index (Phi) is 2.82. The highest BCUT2D eigenvalue weighted by molar-refractivity contribution is 5.94. The number of likely N-dealkylation sites (N-methyl/N-ethyl adjacent to an activating group) is 1. The molecule has 0 saturated heterocycles. The molecule has 1 heterocycles. The SMILES string of the molecule is CN(C)C1(CNc2ccc(N)c3nonc23)CCC1. The smallest absolute Gasteiger partial charge is 0.160 e. The maximum Gasteiger partial charge on any atom is 0.160 e. The van der Waals surface area contributed by atoms with Gasteiger partial charge >= 0.3 is 0 Å². The predicted octanol–water partition coefficient (Wildman–Crippen LogP) is 1.70. The van der Waals surface area contributed by atoms with Crippen LogP contribution in [0.25, 0.3) is 11.0 Å². The second-order valence-corrected chi connectivity index (χ2v) is 5.49. The number of hydrogen-bond donors (Lipinski definition) is 2. The van der Waals surface area contributed by atoms with Crippen LogP contribution in [0.2, 0.25) is 0 Å². The number of rotatable bonds is 4. The topological polar surface area (TPSA) is 80.2 Å². The van der Waals surface area contributed by atoms with Crippen molar-refractivity contribution in [2.45, 2.75) is 24.8 Å². The van der Waals surface area contributed by atoms with Gasteiger partial charge in [0, 0.05) is 12.1 Å². The molecule has 0 radical (unpaired) electrons. The lowest BCUT2D eigenvalue weighted by molar-refractivity contribution is 0.0739. The minimum atomic E-state index is 0.255. The number of fused-ring (bicyclic) bond motifs is 1. The molecule has 0 bridgehead atoms. The van der Waals surface area contributed by atoms with Crippen LogP contribution in [0, 0.1) is 0 Å². The zero-order valence-electron chi connectivity index (χ0n) is 11.3. The molecule has 1 aliphatic carbocycles. The summed E-state index contributed by atoms with van der Waals surface area (Å²) in [5, 5.41) is 11.2. The first-order valence-corrected chi connectivity index (χ1v) is 6.54. The summed E-state index contributed by atoms with van der Waals surface area (Å²) in [4.78, 5) is 2.30. The van der Waals surface area contributed by atoms with Crippen LogP contribution in [-0.4, -0.2) is 41.4 Å². The van der Waals surface area contributed by atoms with E-state index in [1.54, 1.807) is 0 Å². The van der Waals surface area contributed by atoms with Gasteiger partial charge in [0.1, 0.15) is 0 Å². The molecular weight excluding hydrogens is 242 g/mol. The molecular formula is C13H19N5O. The Balaban J connectivity index is 1.82. The molecule has 3 N–H and O–H groups in total. The Morgan fingerprint density at radius 2 is 2.05 bits per heavy atom. The summed E-state index contributed by atoms with van der Waals surface area (Å²) < 4.78 is 4.78. The van der Waals surface area contributed by atoms with Gasteiger partial charge in [0.2, 0.25) is 0 Å². The lowest BCUT2D eigenvalue weighted by Gasteiger charge is -2.47. The van der Waals surface area contributed by atoms with E-state index in [0.717, 1.165) is 12.2 Å². The van der Waals surface area contributed by atoms with E-state index in [4.69, 9.17) is 10.4 Å². The second-order valence-electron chi connectivity index (χ2n) is 5.49. The van der Waals surface area contributed by atoms with Gasteiger partial charge in [0.05, 0.1) is 11.4 Å². The average Bonchev–Trinajstić information content (AvgIpc) is 2.79. The molecule has 0 aliphatic heterocycles. The van der Waals surface area contributed by atoms with Gasteiger partial charge in [-0.25, -0.2) is 4.63 Å². The zero-order valence-corrected chi connectivity index (χ0v) is 11.3. The molecule has 0 spiro atoms. The summed E-state index contributed by atoms with van der Waals surface area (Å²) in [6, 6.07) is 3.77. The first kappa shape index (κ1) is 12.2. The number of anilines is 2. The maximum absolute atomic E-state index is 5.84. The van der Waals surface area contributed by atoms with Crippen LogP contribution in [0.15, 0.2) is 16.8 Å². The number of nitrogens with zero attached hydrogens (tertiary/aromatic N) is 3. The number of hydrogen-bond acceptors (Lipinski definition) is 6. The molecule has 0 unspecified atom stereocenters. The summed E-state index contributed by atoms with van der Waals surface area (Å²) >= 11 is 0. The van der Waals surface area contributed by atoms with Crippen LogP contribution in [0.3, 0.4) is 0 Å². The molecule has 1 aliphatic rings. The van der Waals surface area contributed by atoms with Crippen LogP contribution in [0.1, 0.15) is 19.3 Å². The molecule has 0 atom stereocenters. The fourth-order valence-corrected chi connectivity index (χ4v) is 2.66. The minimum Gasteiger partial charge on any atom is -0.397 e. The molecule has 2 aromatic rings. The summed E-state index contributed by atoms with van der Waals surface area (Å²) in [5.74, 6) is 0. The Morgan fingerprint density at radius 1 is 1.32 bits per heavy atom. The monoisotopic (exact) mass is 261 g/mol. The van der Waals surface area contributed by atoms with Crippen molar-refractivity contribution in [2.75, 3.05) is 31.7 Å². The Morgan fingerprint density at radius 3 is 2.68 bits per heavy atom. The third-order valence-corrected chi connectivity index (χ3v) is 4.29. The van der Waals surface area contributed by atoms with E-state index in [-0.39, 0.29) is 5.54 Å². The van der Waals surface area contributed by atoms with Crippen molar-refractivity contribution >= 4 is 22.4 Å². The zero-order chi connectivity index (χ0) is 13.5. The van der Waals surface area contributed by atoms with E-state index < -0.39 is 0 Å². The van der Waals surface area contributed by atoms with Gasteiger partial charge in [0.25, 0.3) is 0 Å². The average molecular weight is 261 g/mol. The normalized spacial score (nSPS) is 17.6. The first-order chi connectivity index (χ1) is 9.12. The Hall–Kier alpha value is -1.82. The van der Waals surface area contributed by atoms with E-state index in [1.807, 2.05) is 12.1 Å². The molecule has 102 valence electrons. The minimum absolute atomic E-state index is 0.255. The van der Waals surface area contributed by atoms with Gasteiger partial charge in [-0.05, 0) is 55.8 Å². The fraction of sp³-hybridized carbons (Fsp3) is 0.538. The lowest BCUT2D eigenvalue weighted by atomic mass is 9.75.